The number of benzene rings is 3. The van der Waals surface area contributed by atoms with Crippen molar-refractivity contribution >= 4 is 27.5 Å². The fourth-order valence-corrected chi connectivity index (χ4v) is 5.69. The zero-order valence-electron chi connectivity index (χ0n) is 19.0. The van der Waals surface area contributed by atoms with Gasteiger partial charge < -0.3 is 9.47 Å². The Morgan fingerprint density at radius 2 is 1.74 bits per heavy atom. The highest BCUT2D eigenvalue weighted by Crippen LogP contribution is 2.62. The minimum atomic E-state index is -0.913. The van der Waals surface area contributed by atoms with Crippen molar-refractivity contribution in [2.45, 2.75) is 38.3 Å². The molecule has 35 heavy (non-hydrogen) atoms. The van der Waals surface area contributed by atoms with E-state index in [0.717, 1.165) is 30.5 Å². The van der Waals surface area contributed by atoms with Gasteiger partial charge in [-0.25, -0.2) is 13.2 Å². The van der Waals surface area contributed by atoms with Crippen LogP contribution in [0.2, 0.25) is 0 Å². The van der Waals surface area contributed by atoms with Crippen LogP contribution in [-0.2, 0) is 11.4 Å². The Balaban J connectivity index is 1.62. The maximum Gasteiger partial charge on any atom is 0.236 e. The molecule has 3 aromatic carbocycles. The van der Waals surface area contributed by atoms with E-state index in [-0.39, 0.29) is 28.4 Å². The molecule has 0 unspecified atom stereocenters. The van der Waals surface area contributed by atoms with E-state index in [1.807, 2.05) is 30.3 Å². The van der Waals surface area contributed by atoms with Gasteiger partial charge in [-0.1, -0.05) is 43.2 Å². The molecule has 5 rings (SSSR count). The Morgan fingerprint density at radius 1 is 1.03 bits per heavy atom. The van der Waals surface area contributed by atoms with Gasteiger partial charge in [0, 0.05) is 17.7 Å². The quantitative estimate of drug-likeness (QED) is 0.310. The van der Waals surface area contributed by atoms with Gasteiger partial charge in [0.1, 0.15) is 24.0 Å². The second-order valence-corrected chi connectivity index (χ2v) is 9.81. The number of hydrogen-bond donors (Lipinski definition) is 0. The Labute approximate surface area is 209 Å². The molecule has 1 heterocycles. The molecule has 1 atom stereocenters. The summed E-state index contributed by atoms with van der Waals surface area (Å²) in [7, 11) is 1.46. The van der Waals surface area contributed by atoms with Crippen LogP contribution in [0.15, 0.2) is 59.1 Å². The molecule has 1 spiro atoms. The summed E-state index contributed by atoms with van der Waals surface area (Å²) in [5, 5.41) is 0. The first-order valence-corrected chi connectivity index (χ1v) is 12.2. The van der Waals surface area contributed by atoms with E-state index < -0.39 is 28.9 Å². The summed E-state index contributed by atoms with van der Waals surface area (Å²) in [4.78, 5) is 15.0. The van der Waals surface area contributed by atoms with Crippen LogP contribution in [0, 0.1) is 22.9 Å². The second-order valence-electron chi connectivity index (χ2n) is 8.96. The SMILES string of the molecule is COc1cc(Br)c(F)cc1[C@@H]1N(c2cc(F)cc(F)c2OCc2ccccc2)C(=O)C12CCCC2. The third-order valence-corrected chi connectivity index (χ3v) is 7.57. The van der Waals surface area contributed by atoms with E-state index in [0.29, 0.717) is 24.2 Å². The molecule has 3 aromatic rings. The summed E-state index contributed by atoms with van der Waals surface area (Å²) < 4.78 is 55.7. The molecule has 0 aromatic heterocycles. The lowest BCUT2D eigenvalue weighted by Crippen LogP contribution is -2.62. The van der Waals surface area contributed by atoms with Crippen molar-refractivity contribution in [2.75, 3.05) is 12.0 Å². The maximum absolute atomic E-state index is 15.0. The first kappa shape index (κ1) is 23.7. The predicted octanol–water partition coefficient (Wildman–Crippen LogP) is 7.10. The van der Waals surface area contributed by atoms with Crippen molar-refractivity contribution in [3.05, 3.63) is 87.6 Å². The van der Waals surface area contributed by atoms with E-state index in [2.05, 4.69) is 15.9 Å². The molecule has 0 N–H and O–H groups in total. The van der Waals surface area contributed by atoms with Gasteiger partial charge in [0.05, 0.1) is 28.7 Å². The van der Waals surface area contributed by atoms with Gasteiger partial charge in [0.25, 0.3) is 0 Å². The predicted molar refractivity (Wildman–Crippen MR) is 129 cm³/mol. The number of nitrogens with zero attached hydrogens (tertiary/aromatic N) is 1. The van der Waals surface area contributed by atoms with Gasteiger partial charge in [-0.2, -0.15) is 0 Å². The number of β-lactam (4-membered cyclic amide) rings is 1. The summed E-state index contributed by atoms with van der Waals surface area (Å²) in [6.45, 7) is 0.0322. The summed E-state index contributed by atoms with van der Waals surface area (Å²) in [6, 6.07) is 13.1. The van der Waals surface area contributed by atoms with Gasteiger partial charge in [-0.3, -0.25) is 9.69 Å². The first-order valence-electron chi connectivity index (χ1n) is 11.4. The number of hydrogen-bond acceptors (Lipinski definition) is 3. The highest BCUT2D eigenvalue weighted by molar-refractivity contribution is 9.10. The van der Waals surface area contributed by atoms with E-state index in [9.17, 15) is 13.6 Å². The Kier molecular flexibility index (Phi) is 6.25. The molecule has 2 fully saturated rings. The largest absolute Gasteiger partial charge is 0.496 e. The number of carbonyl (C=O) groups excluding carboxylic acids is 1. The molecule has 2 aliphatic rings. The van der Waals surface area contributed by atoms with Gasteiger partial charge in [-0.15, -0.1) is 0 Å². The van der Waals surface area contributed by atoms with Crippen molar-refractivity contribution in [3.8, 4) is 11.5 Å². The van der Waals surface area contributed by atoms with Crippen molar-refractivity contribution in [1.82, 2.24) is 0 Å². The lowest BCUT2D eigenvalue weighted by Gasteiger charge is -2.55. The van der Waals surface area contributed by atoms with Crippen LogP contribution in [-0.4, -0.2) is 13.0 Å². The van der Waals surface area contributed by atoms with Crippen LogP contribution in [0.4, 0.5) is 18.9 Å². The molecule has 0 radical (unpaired) electrons. The van der Waals surface area contributed by atoms with Gasteiger partial charge in [0.15, 0.2) is 11.6 Å². The molecular formula is C27H23BrF3NO3. The Hall–Kier alpha value is -3.00. The van der Waals surface area contributed by atoms with Gasteiger partial charge in [0.2, 0.25) is 5.91 Å². The van der Waals surface area contributed by atoms with Crippen LogP contribution >= 0.6 is 15.9 Å². The minimum Gasteiger partial charge on any atom is -0.496 e. The van der Waals surface area contributed by atoms with Crippen LogP contribution in [0.25, 0.3) is 0 Å². The lowest BCUT2D eigenvalue weighted by atomic mass is 9.66. The lowest BCUT2D eigenvalue weighted by molar-refractivity contribution is -0.139. The summed E-state index contributed by atoms with van der Waals surface area (Å²) in [6.07, 6.45) is 2.89. The molecule has 182 valence electrons. The Bertz CT molecular complexity index is 1280. The third-order valence-electron chi connectivity index (χ3n) is 6.96. The van der Waals surface area contributed by atoms with Crippen molar-refractivity contribution in [3.63, 3.8) is 0 Å². The standard InChI is InChI=1S/C27H23BrF3NO3/c1-34-23-14-19(28)20(30)13-18(23)25-27(9-5-6-10-27)26(33)32(25)22-12-17(29)11-21(31)24(22)35-15-16-7-3-2-4-8-16/h2-4,7-8,11-14,25H,5-6,9-10,15H2,1H3/t25-/m0/s1. The number of halogens is 4. The molecule has 8 heteroatoms. The number of anilines is 1. The highest BCUT2D eigenvalue weighted by Gasteiger charge is 2.63. The highest BCUT2D eigenvalue weighted by atomic mass is 79.9. The van der Waals surface area contributed by atoms with Gasteiger partial charge in [-0.05, 0) is 46.5 Å². The third kappa shape index (κ3) is 3.97. The molecule has 1 aliphatic carbocycles. The number of carbonyl (C=O) groups is 1. The van der Waals surface area contributed by atoms with Crippen molar-refractivity contribution in [2.24, 2.45) is 5.41 Å². The topological polar surface area (TPSA) is 38.8 Å². The van der Waals surface area contributed by atoms with Gasteiger partial charge >= 0.3 is 0 Å². The second kappa shape index (κ2) is 9.22. The monoisotopic (exact) mass is 545 g/mol. The fraction of sp³-hybridized carbons (Fsp3) is 0.296. The van der Waals surface area contributed by atoms with E-state index >= 15 is 4.39 Å². The maximum atomic E-state index is 15.0. The van der Waals surface area contributed by atoms with E-state index in [1.54, 1.807) is 0 Å². The fourth-order valence-electron chi connectivity index (χ4n) is 5.37. The zero-order valence-corrected chi connectivity index (χ0v) is 20.6. The minimum absolute atomic E-state index is 0.0173. The number of methoxy groups -OCH3 is 1. The summed E-state index contributed by atoms with van der Waals surface area (Å²) in [5.41, 5.74) is 0.440. The molecule has 1 saturated heterocycles. The summed E-state index contributed by atoms with van der Waals surface area (Å²) >= 11 is 3.18. The molecule has 1 amide bonds. The average Bonchev–Trinajstić information content (AvgIpc) is 3.36. The molecule has 4 nitrogen and oxygen atoms in total. The molecule has 1 saturated carbocycles. The van der Waals surface area contributed by atoms with Crippen LogP contribution in [0.3, 0.4) is 0 Å². The van der Waals surface area contributed by atoms with E-state index in [1.165, 1.54) is 24.1 Å². The number of amides is 1. The normalized spacial score (nSPS) is 18.6. The Morgan fingerprint density at radius 3 is 2.43 bits per heavy atom. The molecule has 1 aliphatic heterocycles. The van der Waals surface area contributed by atoms with Crippen LogP contribution < -0.4 is 14.4 Å². The summed E-state index contributed by atoms with van der Waals surface area (Å²) in [5.74, 6) is -2.35. The molecule has 0 bridgehead atoms. The first-order chi connectivity index (χ1) is 16.9. The zero-order chi connectivity index (χ0) is 24.7. The van der Waals surface area contributed by atoms with Crippen LogP contribution in [0.1, 0.15) is 42.9 Å². The van der Waals surface area contributed by atoms with Crippen molar-refractivity contribution < 1.29 is 27.4 Å². The van der Waals surface area contributed by atoms with Crippen LogP contribution in [0.5, 0.6) is 11.5 Å². The average molecular weight is 546 g/mol. The number of ether oxygens (including phenoxy) is 2. The number of rotatable bonds is 6. The molecular weight excluding hydrogens is 523 g/mol. The smallest absolute Gasteiger partial charge is 0.236 e. The van der Waals surface area contributed by atoms with E-state index in [4.69, 9.17) is 9.47 Å². The van der Waals surface area contributed by atoms with Crippen molar-refractivity contribution in [1.29, 1.82) is 0 Å².